The molecule has 26 heavy (non-hydrogen) atoms. The van der Waals surface area contributed by atoms with Crippen LogP contribution in [-0.4, -0.2) is 34.0 Å². The van der Waals surface area contributed by atoms with Crippen LogP contribution in [0.25, 0.3) is 0 Å². The standard InChI is InChI=1S/C20H25N3O2S/c1-5-17-22-14(3)19(15(4)24)20(23-17)26-12-18(25)21-11-13(2)16-9-7-6-8-10-16/h6-10,13H,5,11-12H2,1-4H3,(H,21,25)/t13-/m1/s1. The van der Waals surface area contributed by atoms with Gasteiger partial charge in [-0.05, 0) is 25.3 Å². The Morgan fingerprint density at radius 1 is 1.19 bits per heavy atom. The molecule has 0 bridgehead atoms. The first-order valence-electron chi connectivity index (χ1n) is 8.75. The fourth-order valence-electron chi connectivity index (χ4n) is 2.62. The van der Waals surface area contributed by atoms with Crippen LogP contribution in [0, 0.1) is 6.92 Å². The van der Waals surface area contributed by atoms with E-state index in [9.17, 15) is 9.59 Å². The molecule has 0 saturated heterocycles. The Balaban J connectivity index is 1.96. The van der Waals surface area contributed by atoms with Gasteiger partial charge in [0.05, 0.1) is 17.0 Å². The minimum atomic E-state index is -0.0780. The highest BCUT2D eigenvalue weighted by molar-refractivity contribution is 8.00. The number of rotatable bonds is 8. The van der Waals surface area contributed by atoms with Crippen molar-refractivity contribution in [3.63, 3.8) is 0 Å². The molecular weight excluding hydrogens is 346 g/mol. The Labute approximate surface area is 159 Å². The third kappa shape index (κ3) is 5.39. The number of aryl methyl sites for hydroxylation is 2. The van der Waals surface area contributed by atoms with Gasteiger partial charge in [-0.25, -0.2) is 9.97 Å². The van der Waals surface area contributed by atoms with Gasteiger partial charge in [-0.3, -0.25) is 9.59 Å². The Hall–Kier alpha value is -2.21. The predicted octanol–water partition coefficient (Wildman–Crippen LogP) is 3.56. The van der Waals surface area contributed by atoms with Crippen LogP contribution in [0.5, 0.6) is 0 Å². The number of aromatic nitrogens is 2. The van der Waals surface area contributed by atoms with Gasteiger partial charge in [0.25, 0.3) is 0 Å². The van der Waals surface area contributed by atoms with Crippen LogP contribution < -0.4 is 5.32 Å². The molecule has 0 unspecified atom stereocenters. The summed E-state index contributed by atoms with van der Waals surface area (Å²) in [5.41, 5.74) is 2.38. The SMILES string of the molecule is CCc1nc(C)c(C(C)=O)c(SCC(=O)NC[C@@H](C)c2ccccc2)n1. The summed E-state index contributed by atoms with van der Waals surface area (Å²) in [4.78, 5) is 32.9. The molecule has 0 aliphatic carbocycles. The van der Waals surface area contributed by atoms with Crippen molar-refractivity contribution in [3.05, 3.63) is 53.0 Å². The average molecular weight is 372 g/mol. The van der Waals surface area contributed by atoms with E-state index in [1.807, 2.05) is 32.0 Å². The Morgan fingerprint density at radius 3 is 2.50 bits per heavy atom. The van der Waals surface area contributed by atoms with Gasteiger partial charge in [0.1, 0.15) is 10.9 Å². The van der Waals surface area contributed by atoms with E-state index in [0.717, 1.165) is 0 Å². The molecule has 0 aliphatic heterocycles. The zero-order valence-electron chi connectivity index (χ0n) is 15.7. The number of nitrogens with one attached hydrogen (secondary N) is 1. The molecule has 6 heteroatoms. The van der Waals surface area contributed by atoms with Crippen LogP contribution in [0.3, 0.4) is 0 Å². The Morgan fingerprint density at radius 2 is 1.88 bits per heavy atom. The van der Waals surface area contributed by atoms with Crippen LogP contribution in [0.1, 0.15) is 54.1 Å². The van der Waals surface area contributed by atoms with Crippen molar-refractivity contribution in [3.8, 4) is 0 Å². The van der Waals surface area contributed by atoms with Crippen LogP contribution in [-0.2, 0) is 11.2 Å². The summed E-state index contributed by atoms with van der Waals surface area (Å²) in [7, 11) is 0. The van der Waals surface area contributed by atoms with Gasteiger partial charge < -0.3 is 5.32 Å². The maximum absolute atomic E-state index is 12.2. The summed E-state index contributed by atoms with van der Waals surface area (Å²) in [5, 5.41) is 3.55. The van der Waals surface area contributed by atoms with Gasteiger partial charge in [-0.15, -0.1) is 0 Å². The van der Waals surface area contributed by atoms with Crippen LogP contribution in [0.15, 0.2) is 35.4 Å². The molecule has 0 aliphatic rings. The molecule has 138 valence electrons. The van der Waals surface area contributed by atoms with Gasteiger partial charge in [0.15, 0.2) is 5.78 Å². The second kappa shape index (κ2) is 9.48. The zero-order valence-corrected chi connectivity index (χ0v) is 16.5. The number of thioether (sulfide) groups is 1. The average Bonchev–Trinajstić information content (AvgIpc) is 2.64. The molecule has 1 heterocycles. The summed E-state index contributed by atoms with van der Waals surface area (Å²) >= 11 is 1.29. The number of amides is 1. The van der Waals surface area contributed by atoms with E-state index in [1.165, 1.54) is 24.2 Å². The molecule has 2 rings (SSSR count). The van der Waals surface area contributed by atoms with E-state index in [4.69, 9.17) is 0 Å². The predicted molar refractivity (Wildman–Crippen MR) is 105 cm³/mol. The number of benzene rings is 1. The molecule has 0 saturated carbocycles. The topological polar surface area (TPSA) is 72.0 Å². The first-order chi connectivity index (χ1) is 12.4. The van der Waals surface area contributed by atoms with E-state index in [2.05, 4.69) is 34.3 Å². The number of ketones is 1. The minimum absolute atomic E-state index is 0.0680. The smallest absolute Gasteiger partial charge is 0.230 e. The molecule has 0 spiro atoms. The van der Waals surface area contributed by atoms with Crippen molar-refractivity contribution in [1.82, 2.24) is 15.3 Å². The van der Waals surface area contributed by atoms with E-state index in [1.54, 1.807) is 0 Å². The quantitative estimate of drug-likeness (QED) is 0.436. The van der Waals surface area contributed by atoms with Gasteiger partial charge >= 0.3 is 0 Å². The first-order valence-corrected chi connectivity index (χ1v) is 9.73. The van der Waals surface area contributed by atoms with Crippen molar-refractivity contribution >= 4 is 23.5 Å². The molecule has 2 aromatic rings. The maximum atomic E-state index is 12.2. The normalized spacial score (nSPS) is 11.8. The summed E-state index contributed by atoms with van der Waals surface area (Å²) in [6.07, 6.45) is 0.688. The number of carbonyl (C=O) groups excluding carboxylic acids is 2. The summed E-state index contributed by atoms with van der Waals surface area (Å²) in [5.74, 6) is 1.01. The van der Waals surface area contributed by atoms with E-state index in [0.29, 0.717) is 35.1 Å². The number of Topliss-reactive ketones (excluding diaryl/α,β-unsaturated/α-hetero) is 1. The number of nitrogens with zero attached hydrogens (tertiary/aromatic N) is 2. The second-order valence-corrected chi connectivity index (χ2v) is 7.18. The van der Waals surface area contributed by atoms with E-state index >= 15 is 0 Å². The number of hydrogen-bond acceptors (Lipinski definition) is 5. The summed E-state index contributed by atoms with van der Waals surface area (Å²) in [6, 6.07) is 10.1. The van der Waals surface area contributed by atoms with Gasteiger partial charge in [0, 0.05) is 13.0 Å². The third-order valence-corrected chi connectivity index (χ3v) is 5.06. The summed E-state index contributed by atoms with van der Waals surface area (Å²) < 4.78 is 0. The van der Waals surface area contributed by atoms with E-state index < -0.39 is 0 Å². The molecule has 1 amide bonds. The minimum Gasteiger partial charge on any atom is -0.355 e. The van der Waals surface area contributed by atoms with Crippen molar-refractivity contribution < 1.29 is 9.59 Å². The molecule has 1 aromatic heterocycles. The highest BCUT2D eigenvalue weighted by Crippen LogP contribution is 2.23. The lowest BCUT2D eigenvalue weighted by Crippen LogP contribution is -2.29. The van der Waals surface area contributed by atoms with Crippen molar-refractivity contribution in [2.75, 3.05) is 12.3 Å². The molecule has 1 N–H and O–H groups in total. The monoisotopic (exact) mass is 371 g/mol. The first kappa shape index (κ1) is 20.1. The molecule has 0 radical (unpaired) electrons. The van der Waals surface area contributed by atoms with Crippen molar-refractivity contribution in [2.45, 2.75) is 45.1 Å². The molecular formula is C20H25N3O2S. The number of carbonyl (C=O) groups is 2. The van der Waals surface area contributed by atoms with Crippen LogP contribution >= 0.6 is 11.8 Å². The lowest BCUT2D eigenvalue weighted by atomic mass is 10.0. The van der Waals surface area contributed by atoms with E-state index in [-0.39, 0.29) is 23.4 Å². The second-order valence-electron chi connectivity index (χ2n) is 6.22. The zero-order chi connectivity index (χ0) is 19.1. The fourth-order valence-corrected chi connectivity index (χ4v) is 3.60. The largest absolute Gasteiger partial charge is 0.355 e. The van der Waals surface area contributed by atoms with Crippen LogP contribution in [0.4, 0.5) is 0 Å². The molecule has 1 aromatic carbocycles. The summed E-state index contributed by atoms with van der Waals surface area (Å²) in [6.45, 7) is 7.93. The Kier molecular flexibility index (Phi) is 7.33. The van der Waals surface area contributed by atoms with Gasteiger partial charge in [-0.1, -0.05) is 55.9 Å². The number of hydrogen-bond donors (Lipinski definition) is 1. The fraction of sp³-hybridized carbons (Fsp3) is 0.400. The van der Waals surface area contributed by atoms with Crippen molar-refractivity contribution in [2.24, 2.45) is 0 Å². The van der Waals surface area contributed by atoms with Crippen molar-refractivity contribution in [1.29, 1.82) is 0 Å². The van der Waals surface area contributed by atoms with Gasteiger partial charge in [-0.2, -0.15) is 0 Å². The lowest BCUT2D eigenvalue weighted by Gasteiger charge is -2.13. The molecule has 0 fully saturated rings. The molecule has 5 nitrogen and oxygen atoms in total. The lowest BCUT2D eigenvalue weighted by molar-refractivity contribution is -0.118. The third-order valence-electron chi connectivity index (χ3n) is 4.09. The molecule has 1 atom stereocenters. The highest BCUT2D eigenvalue weighted by atomic mass is 32.2. The highest BCUT2D eigenvalue weighted by Gasteiger charge is 2.17. The maximum Gasteiger partial charge on any atom is 0.230 e. The van der Waals surface area contributed by atoms with Gasteiger partial charge in [0.2, 0.25) is 5.91 Å². The van der Waals surface area contributed by atoms with Crippen LogP contribution in [0.2, 0.25) is 0 Å². The Bertz CT molecular complexity index is 778.